The van der Waals surface area contributed by atoms with Crippen molar-refractivity contribution in [1.82, 2.24) is 0 Å². The summed E-state index contributed by atoms with van der Waals surface area (Å²) < 4.78 is 5.90. The molecule has 3 atom stereocenters. The van der Waals surface area contributed by atoms with Gasteiger partial charge in [-0.05, 0) is 25.7 Å². The molecule has 0 radical (unpaired) electrons. The predicted octanol–water partition coefficient (Wildman–Crippen LogP) is 2.65. The van der Waals surface area contributed by atoms with Crippen molar-refractivity contribution >= 4 is 17.2 Å². The molecule has 0 bridgehead atoms. The van der Waals surface area contributed by atoms with E-state index in [1.54, 1.807) is 0 Å². The molecule has 1 rings (SSSR count). The Balaban J connectivity index is 2.25. The monoisotopic (exact) mass is 215 g/mol. The van der Waals surface area contributed by atoms with Gasteiger partial charge in [-0.1, -0.05) is 32.0 Å². The van der Waals surface area contributed by atoms with Gasteiger partial charge in [0.15, 0.2) is 0 Å². The third-order valence-electron chi connectivity index (χ3n) is 2.80. The van der Waals surface area contributed by atoms with E-state index in [1.165, 1.54) is 25.7 Å². The van der Waals surface area contributed by atoms with Crippen LogP contribution in [0.2, 0.25) is 0 Å². The Morgan fingerprint density at radius 1 is 1.57 bits per heavy atom. The minimum Gasteiger partial charge on any atom is -0.393 e. The van der Waals surface area contributed by atoms with E-state index < -0.39 is 0 Å². The van der Waals surface area contributed by atoms with Crippen molar-refractivity contribution in [2.24, 2.45) is 11.7 Å². The van der Waals surface area contributed by atoms with E-state index in [2.05, 4.69) is 13.8 Å². The van der Waals surface area contributed by atoms with Crippen molar-refractivity contribution in [3.05, 3.63) is 0 Å². The van der Waals surface area contributed by atoms with Gasteiger partial charge in [0.05, 0.1) is 17.2 Å². The van der Waals surface area contributed by atoms with Gasteiger partial charge >= 0.3 is 0 Å². The highest BCUT2D eigenvalue weighted by molar-refractivity contribution is 7.80. The maximum absolute atomic E-state index is 5.90. The van der Waals surface area contributed by atoms with Crippen LogP contribution in [-0.2, 0) is 4.74 Å². The first-order valence-corrected chi connectivity index (χ1v) is 5.92. The molecular weight excluding hydrogens is 194 g/mol. The lowest BCUT2D eigenvalue weighted by Crippen LogP contribution is -2.28. The van der Waals surface area contributed by atoms with Crippen LogP contribution in [-0.4, -0.2) is 17.2 Å². The van der Waals surface area contributed by atoms with Crippen LogP contribution in [0.5, 0.6) is 0 Å². The molecule has 0 aromatic rings. The number of hydrogen-bond acceptors (Lipinski definition) is 2. The molecule has 2 N–H and O–H groups in total. The summed E-state index contributed by atoms with van der Waals surface area (Å²) in [6, 6.07) is 0. The molecule has 0 amide bonds. The average Bonchev–Trinajstić information content (AvgIpc) is 2.01. The van der Waals surface area contributed by atoms with Crippen LogP contribution in [0.1, 0.15) is 46.0 Å². The lowest BCUT2D eigenvalue weighted by Gasteiger charge is -2.29. The molecule has 0 aliphatic heterocycles. The number of thiocarbonyl (C=S) groups is 1. The summed E-state index contributed by atoms with van der Waals surface area (Å²) in [6.07, 6.45) is 6.37. The van der Waals surface area contributed by atoms with Gasteiger partial charge in [0.2, 0.25) is 0 Å². The Labute approximate surface area is 92.2 Å². The van der Waals surface area contributed by atoms with Crippen molar-refractivity contribution in [3.63, 3.8) is 0 Å². The molecule has 1 saturated carbocycles. The van der Waals surface area contributed by atoms with E-state index in [1.807, 2.05) is 0 Å². The number of nitrogens with two attached hydrogens (primary N) is 1. The van der Waals surface area contributed by atoms with Crippen LogP contribution in [0.25, 0.3) is 0 Å². The Hall–Kier alpha value is -0.150. The fourth-order valence-electron chi connectivity index (χ4n) is 2.16. The molecule has 1 fully saturated rings. The summed E-state index contributed by atoms with van der Waals surface area (Å²) in [4.78, 5) is 0.557. The molecule has 0 aromatic carbocycles. The quantitative estimate of drug-likeness (QED) is 0.732. The molecule has 0 saturated heterocycles. The zero-order chi connectivity index (χ0) is 10.6. The molecule has 0 heterocycles. The first-order valence-electron chi connectivity index (χ1n) is 5.51. The molecule has 82 valence electrons. The van der Waals surface area contributed by atoms with E-state index in [-0.39, 0.29) is 6.10 Å². The molecule has 3 heteroatoms. The van der Waals surface area contributed by atoms with Gasteiger partial charge in [0.25, 0.3) is 0 Å². The second-order valence-corrected chi connectivity index (χ2v) is 5.04. The highest BCUT2D eigenvalue weighted by atomic mass is 32.1. The number of ether oxygens (including phenoxy) is 1. The lowest BCUT2D eigenvalue weighted by molar-refractivity contribution is -0.0267. The summed E-state index contributed by atoms with van der Waals surface area (Å²) in [5.41, 5.74) is 5.48. The van der Waals surface area contributed by atoms with Crippen molar-refractivity contribution in [2.75, 3.05) is 0 Å². The van der Waals surface area contributed by atoms with Crippen LogP contribution >= 0.6 is 12.2 Å². The van der Waals surface area contributed by atoms with E-state index in [9.17, 15) is 0 Å². The van der Waals surface area contributed by atoms with Gasteiger partial charge in [0, 0.05) is 6.42 Å². The summed E-state index contributed by atoms with van der Waals surface area (Å²) >= 11 is 4.86. The zero-order valence-electron chi connectivity index (χ0n) is 9.16. The van der Waals surface area contributed by atoms with Gasteiger partial charge in [-0.3, -0.25) is 0 Å². The maximum atomic E-state index is 5.90. The van der Waals surface area contributed by atoms with Crippen LogP contribution in [0.15, 0.2) is 0 Å². The smallest absolute Gasteiger partial charge is 0.0753 e. The second-order valence-electron chi connectivity index (χ2n) is 4.51. The van der Waals surface area contributed by atoms with E-state index >= 15 is 0 Å². The highest BCUT2D eigenvalue weighted by Gasteiger charge is 2.21. The fourth-order valence-corrected chi connectivity index (χ4v) is 2.40. The number of rotatable bonds is 4. The molecule has 2 nitrogen and oxygen atoms in total. The molecule has 0 spiro atoms. The van der Waals surface area contributed by atoms with E-state index in [4.69, 9.17) is 22.7 Å². The first kappa shape index (κ1) is 11.9. The molecule has 1 aliphatic carbocycles. The standard InChI is InChI=1S/C11H21NOS/c1-8-4-3-5-10(6-8)13-9(2)7-11(12)14/h8-10H,3-7H2,1-2H3,(H2,12,14). The largest absolute Gasteiger partial charge is 0.393 e. The van der Waals surface area contributed by atoms with Gasteiger partial charge < -0.3 is 10.5 Å². The molecule has 14 heavy (non-hydrogen) atoms. The van der Waals surface area contributed by atoms with Crippen LogP contribution < -0.4 is 5.73 Å². The third kappa shape index (κ3) is 4.38. The molecule has 1 aliphatic rings. The Bertz CT molecular complexity index is 196. The summed E-state index contributed by atoms with van der Waals surface area (Å²) in [5.74, 6) is 0.811. The highest BCUT2D eigenvalue weighted by Crippen LogP contribution is 2.26. The van der Waals surface area contributed by atoms with E-state index in [0.29, 0.717) is 17.5 Å². The maximum Gasteiger partial charge on any atom is 0.0753 e. The van der Waals surface area contributed by atoms with Crippen LogP contribution in [0.4, 0.5) is 0 Å². The van der Waals surface area contributed by atoms with Crippen LogP contribution in [0.3, 0.4) is 0 Å². The second kappa shape index (κ2) is 5.66. The lowest BCUT2D eigenvalue weighted by atomic mass is 9.88. The molecular formula is C11H21NOS. The Kier molecular flexibility index (Phi) is 4.82. The van der Waals surface area contributed by atoms with Crippen molar-refractivity contribution in [3.8, 4) is 0 Å². The van der Waals surface area contributed by atoms with Gasteiger partial charge in [-0.25, -0.2) is 0 Å². The number of hydrogen-bond donors (Lipinski definition) is 1. The van der Waals surface area contributed by atoms with Crippen molar-refractivity contribution in [1.29, 1.82) is 0 Å². The SMILES string of the molecule is CC1CCCC(OC(C)CC(N)=S)C1. The minimum absolute atomic E-state index is 0.183. The first-order chi connectivity index (χ1) is 6.58. The van der Waals surface area contributed by atoms with E-state index in [0.717, 1.165) is 5.92 Å². The zero-order valence-corrected chi connectivity index (χ0v) is 9.98. The van der Waals surface area contributed by atoms with Gasteiger partial charge in [-0.2, -0.15) is 0 Å². The average molecular weight is 215 g/mol. The summed E-state index contributed by atoms with van der Waals surface area (Å²) in [5, 5.41) is 0. The fraction of sp³-hybridized carbons (Fsp3) is 0.909. The van der Waals surface area contributed by atoms with Crippen LogP contribution in [0, 0.1) is 5.92 Å². The third-order valence-corrected chi connectivity index (χ3v) is 2.97. The minimum atomic E-state index is 0.183. The predicted molar refractivity (Wildman–Crippen MR) is 63.4 cm³/mol. The van der Waals surface area contributed by atoms with Crippen molar-refractivity contribution < 1.29 is 4.74 Å². The van der Waals surface area contributed by atoms with Gasteiger partial charge in [0.1, 0.15) is 0 Å². The Morgan fingerprint density at radius 3 is 2.86 bits per heavy atom. The van der Waals surface area contributed by atoms with Gasteiger partial charge in [-0.15, -0.1) is 0 Å². The summed E-state index contributed by atoms with van der Waals surface area (Å²) in [7, 11) is 0. The molecule has 3 unspecified atom stereocenters. The summed E-state index contributed by atoms with van der Waals surface area (Å²) in [6.45, 7) is 4.35. The Morgan fingerprint density at radius 2 is 2.29 bits per heavy atom. The molecule has 0 aromatic heterocycles. The topological polar surface area (TPSA) is 35.2 Å². The normalized spacial score (nSPS) is 29.9. The van der Waals surface area contributed by atoms with Crippen molar-refractivity contribution in [2.45, 2.75) is 58.2 Å².